The molecule has 2 aromatic carbocycles. The lowest BCUT2D eigenvalue weighted by molar-refractivity contribution is -0.126. The molecular formula is C22H27ClN2O6S. The minimum atomic E-state index is -3.79. The molecule has 0 aliphatic carbocycles. The van der Waals surface area contributed by atoms with E-state index in [0.29, 0.717) is 36.6 Å². The summed E-state index contributed by atoms with van der Waals surface area (Å²) in [5.74, 6) is 0.926. The summed E-state index contributed by atoms with van der Waals surface area (Å²) >= 11 is 6.11. The zero-order valence-corrected chi connectivity index (χ0v) is 19.8. The van der Waals surface area contributed by atoms with Gasteiger partial charge in [-0.25, -0.2) is 8.42 Å². The molecule has 174 valence electrons. The molecule has 32 heavy (non-hydrogen) atoms. The second-order valence-electron chi connectivity index (χ2n) is 7.36. The first kappa shape index (κ1) is 24.2. The van der Waals surface area contributed by atoms with Gasteiger partial charge in [-0.2, -0.15) is 4.31 Å². The predicted molar refractivity (Wildman–Crippen MR) is 121 cm³/mol. The first-order valence-electron chi connectivity index (χ1n) is 10.1. The van der Waals surface area contributed by atoms with E-state index in [1.165, 1.54) is 29.6 Å². The van der Waals surface area contributed by atoms with Crippen LogP contribution in [0.5, 0.6) is 17.2 Å². The molecule has 1 heterocycles. The summed E-state index contributed by atoms with van der Waals surface area (Å²) in [6, 6.07) is 9.73. The van der Waals surface area contributed by atoms with Crippen molar-refractivity contribution >= 4 is 27.5 Å². The maximum absolute atomic E-state index is 13.1. The molecule has 0 bridgehead atoms. The van der Waals surface area contributed by atoms with Crippen LogP contribution in [0, 0.1) is 5.92 Å². The maximum Gasteiger partial charge on any atom is 0.243 e. The van der Waals surface area contributed by atoms with E-state index in [-0.39, 0.29) is 28.9 Å². The first-order valence-corrected chi connectivity index (χ1v) is 11.9. The minimum Gasteiger partial charge on any atom is -0.496 e. The number of piperidine rings is 1. The Kier molecular flexibility index (Phi) is 7.86. The summed E-state index contributed by atoms with van der Waals surface area (Å²) < 4.78 is 43.4. The average Bonchev–Trinajstić information content (AvgIpc) is 2.82. The molecule has 1 saturated heterocycles. The van der Waals surface area contributed by atoms with Crippen molar-refractivity contribution in [2.24, 2.45) is 5.92 Å². The summed E-state index contributed by atoms with van der Waals surface area (Å²) in [6.07, 6.45) is 1.18. The number of ether oxygens (including phenoxy) is 3. The topological polar surface area (TPSA) is 94.2 Å². The van der Waals surface area contributed by atoms with Crippen molar-refractivity contribution in [1.82, 2.24) is 9.62 Å². The van der Waals surface area contributed by atoms with Gasteiger partial charge in [-0.3, -0.25) is 4.79 Å². The number of sulfonamides is 1. The molecule has 0 radical (unpaired) electrons. The normalized spacial score (nSPS) is 16.9. The molecule has 0 saturated carbocycles. The number of halogens is 1. The van der Waals surface area contributed by atoms with E-state index in [4.69, 9.17) is 25.8 Å². The number of hydrogen-bond acceptors (Lipinski definition) is 6. The Labute approximate surface area is 193 Å². The third-order valence-electron chi connectivity index (χ3n) is 5.49. The van der Waals surface area contributed by atoms with Gasteiger partial charge in [-0.15, -0.1) is 0 Å². The van der Waals surface area contributed by atoms with E-state index in [2.05, 4.69) is 5.32 Å². The highest BCUT2D eigenvalue weighted by Crippen LogP contribution is 2.31. The van der Waals surface area contributed by atoms with Gasteiger partial charge in [-0.05, 0) is 43.2 Å². The lowest BCUT2D eigenvalue weighted by atomic mass is 9.98. The largest absolute Gasteiger partial charge is 0.496 e. The number of nitrogens with zero attached hydrogens (tertiary/aromatic N) is 1. The fourth-order valence-corrected chi connectivity index (χ4v) is 5.63. The number of carbonyl (C=O) groups excluding carboxylic acids is 1. The molecule has 1 atom stereocenters. The summed E-state index contributed by atoms with van der Waals surface area (Å²) in [5.41, 5.74) is 0.721. The first-order chi connectivity index (χ1) is 15.3. The zero-order valence-electron chi connectivity index (χ0n) is 18.3. The summed E-state index contributed by atoms with van der Waals surface area (Å²) in [7, 11) is 0.773. The van der Waals surface area contributed by atoms with Crippen molar-refractivity contribution in [2.75, 3.05) is 34.4 Å². The Balaban J connectivity index is 1.71. The van der Waals surface area contributed by atoms with E-state index in [1.807, 2.05) is 0 Å². The second kappa shape index (κ2) is 10.4. The highest BCUT2D eigenvalue weighted by atomic mass is 35.5. The molecule has 1 fully saturated rings. The SMILES string of the molecule is COc1ccc(S(=O)(=O)N2CCC[C@H](C(=O)NCc3c(OC)cccc3OC)C2)cc1Cl. The number of methoxy groups -OCH3 is 3. The molecule has 10 heteroatoms. The van der Waals surface area contributed by atoms with E-state index < -0.39 is 15.9 Å². The number of rotatable bonds is 8. The molecule has 2 aromatic rings. The van der Waals surface area contributed by atoms with E-state index in [1.54, 1.807) is 32.4 Å². The van der Waals surface area contributed by atoms with Crippen LogP contribution in [-0.4, -0.2) is 53.0 Å². The van der Waals surface area contributed by atoms with Crippen LogP contribution in [-0.2, 0) is 21.4 Å². The fourth-order valence-electron chi connectivity index (χ4n) is 3.75. The molecule has 8 nitrogen and oxygen atoms in total. The van der Waals surface area contributed by atoms with E-state index >= 15 is 0 Å². The average molecular weight is 483 g/mol. The Morgan fingerprint density at radius 3 is 2.34 bits per heavy atom. The maximum atomic E-state index is 13.1. The molecule has 0 spiro atoms. The molecule has 1 aliphatic heterocycles. The van der Waals surface area contributed by atoms with Crippen LogP contribution in [0.25, 0.3) is 0 Å². The number of nitrogens with one attached hydrogen (secondary N) is 1. The third-order valence-corrected chi connectivity index (χ3v) is 7.64. The van der Waals surface area contributed by atoms with Gasteiger partial charge in [-0.1, -0.05) is 17.7 Å². The van der Waals surface area contributed by atoms with Crippen LogP contribution >= 0.6 is 11.6 Å². The van der Waals surface area contributed by atoms with Crippen molar-refractivity contribution in [1.29, 1.82) is 0 Å². The number of benzene rings is 2. The standard InChI is InChI=1S/C22H27ClN2O6S/c1-29-19-7-4-8-20(30-2)17(19)13-24-22(26)15-6-5-11-25(14-15)32(27,28)16-9-10-21(31-3)18(23)12-16/h4,7-10,12,15H,5-6,11,13-14H2,1-3H3,(H,24,26)/t15-/m0/s1. The molecule has 1 aliphatic rings. The lowest BCUT2D eigenvalue weighted by Crippen LogP contribution is -2.45. The Bertz CT molecular complexity index is 1050. The van der Waals surface area contributed by atoms with Crippen LogP contribution in [0.1, 0.15) is 18.4 Å². The smallest absolute Gasteiger partial charge is 0.243 e. The molecular weight excluding hydrogens is 456 g/mol. The van der Waals surface area contributed by atoms with E-state index in [9.17, 15) is 13.2 Å². The predicted octanol–water partition coefficient (Wildman–Crippen LogP) is 3.08. The number of carbonyl (C=O) groups is 1. The van der Waals surface area contributed by atoms with Crippen LogP contribution in [0.15, 0.2) is 41.3 Å². The minimum absolute atomic E-state index is 0.0723. The quantitative estimate of drug-likeness (QED) is 0.621. The van der Waals surface area contributed by atoms with Crippen molar-refractivity contribution in [3.63, 3.8) is 0 Å². The molecule has 1 N–H and O–H groups in total. The Morgan fingerprint density at radius 2 is 1.75 bits per heavy atom. The lowest BCUT2D eigenvalue weighted by Gasteiger charge is -2.31. The Morgan fingerprint density at radius 1 is 1.09 bits per heavy atom. The van der Waals surface area contributed by atoms with Crippen LogP contribution in [0.3, 0.4) is 0 Å². The van der Waals surface area contributed by atoms with E-state index in [0.717, 1.165) is 5.56 Å². The van der Waals surface area contributed by atoms with Gasteiger partial charge in [0.1, 0.15) is 17.2 Å². The van der Waals surface area contributed by atoms with Gasteiger partial charge in [0, 0.05) is 13.1 Å². The van der Waals surface area contributed by atoms with Gasteiger partial charge in [0.2, 0.25) is 15.9 Å². The monoisotopic (exact) mass is 482 g/mol. The fraction of sp³-hybridized carbons (Fsp3) is 0.409. The molecule has 0 unspecified atom stereocenters. The molecule has 0 aromatic heterocycles. The highest BCUT2D eigenvalue weighted by molar-refractivity contribution is 7.89. The highest BCUT2D eigenvalue weighted by Gasteiger charge is 2.33. The van der Waals surface area contributed by atoms with Crippen LogP contribution in [0.4, 0.5) is 0 Å². The van der Waals surface area contributed by atoms with Crippen molar-refractivity contribution in [3.8, 4) is 17.2 Å². The van der Waals surface area contributed by atoms with Gasteiger partial charge < -0.3 is 19.5 Å². The van der Waals surface area contributed by atoms with Crippen molar-refractivity contribution in [2.45, 2.75) is 24.3 Å². The summed E-state index contributed by atoms with van der Waals surface area (Å²) in [4.78, 5) is 12.9. The summed E-state index contributed by atoms with van der Waals surface area (Å²) in [6.45, 7) is 0.653. The van der Waals surface area contributed by atoms with Gasteiger partial charge in [0.05, 0.1) is 49.3 Å². The zero-order chi connectivity index (χ0) is 23.3. The van der Waals surface area contributed by atoms with Crippen LogP contribution < -0.4 is 19.5 Å². The summed E-state index contributed by atoms with van der Waals surface area (Å²) in [5, 5.41) is 3.11. The third kappa shape index (κ3) is 5.11. The van der Waals surface area contributed by atoms with Gasteiger partial charge in [0.15, 0.2) is 0 Å². The Hall–Kier alpha value is -2.49. The van der Waals surface area contributed by atoms with Crippen LogP contribution in [0.2, 0.25) is 5.02 Å². The van der Waals surface area contributed by atoms with Crippen molar-refractivity contribution in [3.05, 3.63) is 47.0 Å². The number of hydrogen-bond donors (Lipinski definition) is 1. The second-order valence-corrected chi connectivity index (χ2v) is 9.70. The number of amides is 1. The molecule has 3 rings (SSSR count). The van der Waals surface area contributed by atoms with Gasteiger partial charge in [0.25, 0.3) is 0 Å². The molecule has 1 amide bonds. The van der Waals surface area contributed by atoms with Crippen molar-refractivity contribution < 1.29 is 27.4 Å². The van der Waals surface area contributed by atoms with Gasteiger partial charge >= 0.3 is 0 Å².